The summed E-state index contributed by atoms with van der Waals surface area (Å²) in [5, 5.41) is 8.76. The summed E-state index contributed by atoms with van der Waals surface area (Å²) in [6.07, 6.45) is 1.88. The molecular formula is C16H22ClN3. The Bertz CT molecular complexity index is 548. The number of aryl methyl sites for hydroxylation is 2. The Kier molecular flexibility index (Phi) is 5.21. The Hall–Kier alpha value is -1.32. The van der Waals surface area contributed by atoms with Gasteiger partial charge in [-0.15, -0.1) is 0 Å². The minimum atomic E-state index is 0.397. The molecule has 4 heteroatoms. The van der Waals surface area contributed by atoms with Crippen LogP contribution in [0.15, 0.2) is 30.3 Å². The maximum absolute atomic E-state index is 6.35. The van der Waals surface area contributed by atoms with Gasteiger partial charge in [0.05, 0.1) is 16.4 Å². The zero-order valence-electron chi connectivity index (χ0n) is 12.4. The van der Waals surface area contributed by atoms with Gasteiger partial charge in [-0.3, -0.25) is 4.68 Å². The number of nitrogens with zero attached hydrogens (tertiary/aromatic N) is 2. The minimum Gasteiger partial charge on any atom is -0.308 e. The summed E-state index contributed by atoms with van der Waals surface area (Å²) >= 11 is 6.35. The molecule has 0 saturated carbocycles. The predicted octanol–water partition coefficient (Wildman–Crippen LogP) is 3.36. The second-order valence-electron chi connectivity index (χ2n) is 5.16. The van der Waals surface area contributed by atoms with Crippen molar-refractivity contribution in [3.63, 3.8) is 0 Å². The second kappa shape index (κ2) is 6.91. The number of benzene rings is 1. The summed E-state index contributed by atoms with van der Waals surface area (Å²) in [7, 11) is 1.95. The highest BCUT2D eigenvalue weighted by Crippen LogP contribution is 2.20. The molecule has 1 N–H and O–H groups in total. The van der Waals surface area contributed by atoms with Gasteiger partial charge < -0.3 is 5.32 Å². The third kappa shape index (κ3) is 3.62. The quantitative estimate of drug-likeness (QED) is 0.884. The maximum atomic E-state index is 6.35. The van der Waals surface area contributed by atoms with Crippen molar-refractivity contribution in [2.45, 2.75) is 39.3 Å². The van der Waals surface area contributed by atoms with E-state index in [2.05, 4.69) is 48.5 Å². The third-order valence-corrected chi connectivity index (χ3v) is 3.94. The fourth-order valence-electron chi connectivity index (χ4n) is 2.32. The summed E-state index contributed by atoms with van der Waals surface area (Å²) in [6, 6.07) is 10.9. The second-order valence-corrected chi connectivity index (χ2v) is 5.53. The first-order valence-electron chi connectivity index (χ1n) is 7.09. The van der Waals surface area contributed by atoms with Gasteiger partial charge in [0.1, 0.15) is 0 Å². The number of rotatable bonds is 6. The molecule has 1 unspecified atom stereocenters. The van der Waals surface area contributed by atoms with Crippen LogP contribution in [0.2, 0.25) is 5.02 Å². The zero-order chi connectivity index (χ0) is 14.5. The van der Waals surface area contributed by atoms with Crippen molar-refractivity contribution in [1.29, 1.82) is 0 Å². The van der Waals surface area contributed by atoms with Gasteiger partial charge in [-0.2, -0.15) is 5.10 Å². The van der Waals surface area contributed by atoms with Crippen molar-refractivity contribution >= 4 is 11.6 Å². The SMILES string of the molecule is CCc1nn(C)c(CNC(C)Cc2ccccc2)c1Cl. The predicted molar refractivity (Wildman–Crippen MR) is 84.0 cm³/mol. The molecule has 1 aromatic heterocycles. The van der Waals surface area contributed by atoms with E-state index in [0.29, 0.717) is 6.04 Å². The smallest absolute Gasteiger partial charge is 0.0863 e. The van der Waals surface area contributed by atoms with Gasteiger partial charge in [-0.25, -0.2) is 0 Å². The first kappa shape index (κ1) is 15.1. The number of nitrogens with one attached hydrogen (secondary N) is 1. The maximum Gasteiger partial charge on any atom is 0.0863 e. The summed E-state index contributed by atoms with van der Waals surface area (Å²) in [5.74, 6) is 0. The van der Waals surface area contributed by atoms with Gasteiger partial charge in [0.15, 0.2) is 0 Å². The van der Waals surface area contributed by atoms with E-state index in [0.717, 1.165) is 35.8 Å². The molecule has 0 aliphatic carbocycles. The average Bonchev–Trinajstić information content (AvgIpc) is 2.72. The zero-order valence-corrected chi connectivity index (χ0v) is 13.1. The summed E-state index contributed by atoms with van der Waals surface area (Å²) < 4.78 is 1.88. The number of hydrogen-bond acceptors (Lipinski definition) is 2. The number of hydrogen-bond donors (Lipinski definition) is 1. The molecule has 0 aliphatic heterocycles. The summed E-state index contributed by atoms with van der Waals surface area (Å²) in [6.45, 7) is 5.01. The van der Waals surface area contributed by atoms with Crippen molar-refractivity contribution in [2.75, 3.05) is 0 Å². The Morgan fingerprint density at radius 2 is 2.00 bits per heavy atom. The first-order chi connectivity index (χ1) is 9.61. The lowest BCUT2D eigenvalue weighted by atomic mass is 10.1. The molecule has 2 rings (SSSR count). The molecule has 2 aromatic rings. The lowest BCUT2D eigenvalue weighted by Crippen LogP contribution is -2.28. The third-order valence-electron chi connectivity index (χ3n) is 3.51. The fourth-order valence-corrected chi connectivity index (χ4v) is 2.68. The van der Waals surface area contributed by atoms with E-state index >= 15 is 0 Å². The van der Waals surface area contributed by atoms with Crippen LogP contribution in [0.4, 0.5) is 0 Å². The Morgan fingerprint density at radius 3 is 2.60 bits per heavy atom. The van der Waals surface area contributed by atoms with Crippen LogP contribution in [-0.4, -0.2) is 15.8 Å². The van der Waals surface area contributed by atoms with Crippen LogP contribution in [-0.2, 0) is 26.4 Å². The molecule has 20 heavy (non-hydrogen) atoms. The molecule has 1 atom stereocenters. The summed E-state index contributed by atoms with van der Waals surface area (Å²) in [5.41, 5.74) is 3.38. The lowest BCUT2D eigenvalue weighted by molar-refractivity contribution is 0.525. The van der Waals surface area contributed by atoms with Gasteiger partial charge >= 0.3 is 0 Å². The molecule has 0 amide bonds. The van der Waals surface area contributed by atoms with E-state index in [4.69, 9.17) is 11.6 Å². The van der Waals surface area contributed by atoms with E-state index in [1.54, 1.807) is 0 Å². The monoisotopic (exact) mass is 291 g/mol. The molecule has 0 spiro atoms. The number of halogens is 1. The van der Waals surface area contributed by atoms with Crippen LogP contribution in [0.1, 0.15) is 30.8 Å². The topological polar surface area (TPSA) is 29.9 Å². The van der Waals surface area contributed by atoms with E-state index < -0.39 is 0 Å². The van der Waals surface area contributed by atoms with E-state index in [-0.39, 0.29) is 0 Å². The van der Waals surface area contributed by atoms with E-state index in [1.807, 2.05) is 17.8 Å². The van der Waals surface area contributed by atoms with Crippen LogP contribution >= 0.6 is 11.6 Å². The van der Waals surface area contributed by atoms with Crippen LogP contribution < -0.4 is 5.32 Å². The normalized spacial score (nSPS) is 12.6. The fraction of sp³-hybridized carbons (Fsp3) is 0.438. The van der Waals surface area contributed by atoms with E-state index in [9.17, 15) is 0 Å². The molecule has 0 bridgehead atoms. The highest BCUT2D eigenvalue weighted by atomic mass is 35.5. The van der Waals surface area contributed by atoms with Crippen LogP contribution in [0.5, 0.6) is 0 Å². The Labute approximate surface area is 126 Å². The van der Waals surface area contributed by atoms with Gasteiger partial charge in [0, 0.05) is 19.6 Å². The molecule has 0 saturated heterocycles. The molecular weight excluding hydrogens is 270 g/mol. The molecule has 0 radical (unpaired) electrons. The van der Waals surface area contributed by atoms with Crippen LogP contribution in [0.3, 0.4) is 0 Å². The van der Waals surface area contributed by atoms with Crippen LogP contribution in [0, 0.1) is 0 Å². The van der Waals surface area contributed by atoms with Gasteiger partial charge in [0.25, 0.3) is 0 Å². The largest absolute Gasteiger partial charge is 0.308 e. The van der Waals surface area contributed by atoms with E-state index in [1.165, 1.54) is 5.56 Å². The lowest BCUT2D eigenvalue weighted by Gasteiger charge is -2.14. The van der Waals surface area contributed by atoms with Gasteiger partial charge in [-0.1, -0.05) is 48.9 Å². The van der Waals surface area contributed by atoms with Gasteiger partial charge in [-0.05, 0) is 25.3 Å². The van der Waals surface area contributed by atoms with Crippen molar-refractivity contribution < 1.29 is 0 Å². The summed E-state index contributed by atoms with van der Waals surface area (Å²) in [4.78, 5) is 0. The Balaban J connectivity index is 1.93. The highest BCUT2D eigenvalue weighted by Gasteiger charge is 2.13. The molecule has 3 nitrogen and oxygen atoms in total. The Morgan fingerprint density at radius 1 is 1.30 bits per heavy atom. The van der Waals surface area contributed by atoms with Crippen molar-refractivity contribution in [3.8, 4) is 0 Å². The molecule has 0 fully saturated rings. The standard InChI is InChI=1S/C16H22ClN3/c1-4-14-16(17)15(20(3)19-14)11-18-12(2)10-13-8-6-5-7-9-13/h5-9,12,18H,4,10-11H2,1-3H3. The number of aromatic nitrogens is 2. The molecule has 1 heterocycles. The van der Waals surface area contributed by atoms with Crippen LogP contribution in [0.25, 0.3) is 0 Å². The van der Waals surface area contributed by atoms with Gasteiger partial charge in [0.2, 0.25) is 0 Å². The molecule has 108 valence electrons. The average molecular weight is 292 g/mol. The van der Waals surface area contributed by atoms with Crippen molar-refractivity contribution in [1.82, 2.24) is 15.1 Å². The van der Waals surface area contributed by atoms with Crippen molar-refractivity contribution in [2.24, 2.45) is 7.05 Å². The minimum absolute atomic E-state index is 0.397. The molecule has 1 aromatic carbocycles. The first-order valence-corrected chi connectivity index (χ1v) is 7.47. The molecule has 0 aliphatic rings. The van der Waals surface area contributed by atoms with Crippen molar-refractivity contribution in [3.05, 3.63) is 52.3 Å². The highest BCUT2D eigenvalue weighted by molar-refractivity contribution is 6.31.